The molecule has 0 bridgehead atoms. The van der Waals surface area contributed by atoms with Crippen molar-refractivity contribution in [1.29, 1.82) is 0 Å². The van der Waals surface area contributed by atoms with E-state index >= 15 is 0 Å². The number of hydrogen-bond acceptors (Lipinski definition) is 6. The van der Waals surface area contributed by atoms with E-state index in [1.54, 1.807) is 5.06 Å². The zero-order valence-corrected chi connectivity index (χ0v) is 15.9. The molecule has 1 saturated heterocycles. The fraction of sp³-hybridized carbons (Fsp3) is 0.556. The Bertz CT molecular complexity index is 575. The van der Waals surface area contributed by atoms with Crippen molar-refractivity contribution in [2.24, 2.45) is 0 Å². The van der Waals surface area contributed by atoms with Crippen LogP contribution in [0.15, 0.2) is 30.3 Å². The first-order valence-electron chi connectivity index (χ1n) is 8.90. The van der Waals surface area contributed by atoms with Crippen molar-refractivity contribution in [2.45, 2.75) is 45.4 Å². The van der Waals surface area contributed by atoms with E-state index in [0.29, 0.717) is 32.5 Å². The Morgan fingerprint density at radius 1 is 1.19 bits per heavy atom. The van der Waals surface area contributed by atoms with Gasteiger partial charge in [-0.2, -0.15) is 0 Å². The first-order valence-corrected chi connectivity index (χ1v) is 9.28. The fourth-order valence-corrected chi connectivity index (χ4v) is 2.99. The van der Waals surface area contributed by atoms with Crippen molar-refractivity contribution < 1.29 is 19.3 Å². The minimum Gasteiger partial charge on any atom is -0.366 e. The predicted octanol–water partition coefficient (Wildman–Crippen LogP) is 2.70. The van der Waals surface area contributed by atoms with Gasteiger partial charge in [0.25, 0.3) is 0 Å². The number of halogens is 1. The fourth-order valence-electron chi connectivity index (χ4n) is 2.80. The molecular weight excluding hydrogens is 358 g/mol. The summed E-state index contributed by atoms with van der Waals surface area (Å²) in [6.45, 7) is 5.79. The summed E-state index contributed by atoms with van der Waals surface area (Å²) in [6, 6.07) is 8.91. The highest BCUT2D eigenvalue weighted by atomic mass is 35.5. The maximum atomic E-state index is 12.2. The van der Waals surface area contributed by atoms with Crippen LogP contribution in [-0.2, 0) is 21.1 Å². The average Bonchev–Trinajstić information content (AvgIpc) is 2.67. The predicted molar refractivity (Wildman–Crippen MR) is 98.1 cm³/mol. The molecule has 0 unspecified atom stereocenters. The molecule has 1 aromatic carbocycles. The Hall–Kier alpha value is -1.67. The summed E-state index contributed by atoms with van der Waals surface area (Å²) in [5, 5.41) is 5.25. The van der Waals surface area contributed by atoms with Crippen molar-refractivity contribution >= 4 is 22.9 Å². The number of amides is 1. The van der Waals surface area contributed by atoms with Gasteiger partial charge in [-0.15, -0.1) is 5.06 Å². The average molecular weight is 384 g/mol. The Labute approximate surface area is 159 Å². The van der Waals surface area contributed by atoms with E-state index in [1.807, 2.05) is 44.2 Å². The van der Waals surface area contributed by atoms with Gasteiger partial charge in [0.15, 0.2) is 0 Å². The molecule has 7 nitrogen and oxygen atoms in total. The van der Waals surface area contributed by atoms with Gasteiger partial charge in [-0.25, -0.2) is 9.86 Å². The number of piperidine rings is 1. The summed E-state index contributed by atoms with van der Waals surface area (Å²) in [5.41, 5.74) is 0.944. The molecule has 1 aliphatic rings. The zero-order chi connectivity index (χ0) is 18.9. The lowest BCUT2D eigenvalue weighted by atomic mass is 10.0. The van der Waals surface area contributed by atoms with Crippen LogP contribution in [0.4, 0.5) is 4.79 Å². The van der Waals surface area contributed by atoms with E-state index in [0.717, 1.165) is 5.56 Å². The standard InChI is InChI=1S/C18H26ClN3O4/c1-3-21(4-2)26-17(23)16-11-10-15(12-20-16)22(18(19)24)25-13-14-8-6-5-7-9-14/h5-9,15-16,20H,3-4,10-13H2,1-2H3/t15-,16+/m1/s1. The van der Waals surface area contributed by atoms with E-state index in [2.05, 4.69) is 5.32 Å². The molecule has 0 aromatic heterocycles. The third-order valence-electron chi connectivity index (χ3n) is 4.32. The minimum atomic E-state index is -0.670. The second-order valence-corrected chi connectivity index (χ2v) is 6.38. The van der Waals surface area contributed by atoms with Crippen LogP contribution in [-0.4, -0.2) is 53.2 Å². The molecule has 2 rings (SSSR count). The van der Waals surface area contributed by atoms with Gasteiger partial charge in [0.1, 0.15) is 12.6 Å². The van der Waals surface area contributed by atoms with Gasteiger partial charge in [0.2, 0.25) is 0 Å². The van der Waals surface area contributed by atoms with Crippen molar-refractivity contribution in [3.63, 3.8) is 0 Å². The second-order valence-electron chi connectivity index (χ2n) is 6.05. The molecule has 144 valence electrons. The topological polar surface area (TPSA) is 71.1 Å². The molecule has 2 atom stereocenters. The van der Waals surface area contributed by atoms with Gasteiger partial charge < -0.3 is 10.2 Å². The molecule has 1 amide bonds. The van der Waals surface area contributed by atoms with Crippen LogP contribution in [0.25, 0.3) is 0 Å². The van der Waals surface area contributed by atoms with Crippen molar-refractivity contribution in [3.05, 3.63) is 35.9 Å². The summed E-state index contributed by atoms with van der Waals surface area (Å²) in [7, 11) is 0. The second kappa shape index (κ2) is 10.5. The Balaban J connectivity index is 1.85. The molecular formula is C18H26ClN3O4. The maximum Gasteiger partial charge on any atom is 0.341 e. The van der Waals surface area contributed by atoms with E-state index in [1.165, 1.54) is 5.06 Å². The third kappa shape index (κ3) is 5.95. The van der Waals surface area contributed by atoms with E-state index in [4.69, 9.17) is 21.3 Å². The molecule has 8 heteroatoms. The van der Waals surface area contributed by atoms with Gasteiger partial charge in [-0.1, -0.05) is 30.3 Å². The highest BCUT2D eigenvalue weighted by molar-refractivity contribution is 6.62. The van der Waals surface area contributed by atoms with Gasteiger partial charge in [0, 0.05) is 19.6 Å². The van der Waals surface area contributed by atoms with Crippen LogP contribution in [0.3, 0.4) is 0 Å². The first kappa shape index (κ1) is 20.6. The molecule has 0 saturated carbocycles. The lowest BCUT2D eigenvalue weighted by Gasteiger charge is -2.35. The van der Waals surface area contributed by atoms with Gasteiger partial charge in [-0.05, 0) is 43.9 Å². The number of carbonyl (C=O) groups excluding carboxylic acids is 2. The summed E-state index contributed by atoms with van der Waals surface area (Å²) in [5.74, 6) is -0.305. The molecule has 1 aromatic rings. The van der Waals surface area contributed by atoms with Gasteiger partial charge in [-0.3, -0.25) is 9.63 Å². The minimum absolute atomic E-state index is 0.235. The monoisotopic (exact) mass is 383 g/mol. The smallest absolute Gasteiger partial charge is 0.341 e. The van der Waals surface area contributed by atoms with E-state index < -0.39 is 11.4 Å². The summed E-state index contributed by atoms with van der Waals surface area (Å²) in [6.07, 6.45) is 1.14. The highest BCUT2D eigenvalue weighted by Crippen LogP contribution is 2.18. The molecule has 0 radical (unpaired) electrons. The lowest BCUT2D eigenvalue weighted by Crippen LogP contribution is -2.53. The zero-order valence-electron chi connectivity index (χ0n) is 15.2. The van der Waals surface area contributed by atoms with Crippen LogP contribution in [0, 0.1) is 0 Å². The molecule has 1 aliphatic heterocycles. The number of nitrogens with zero attached hydrogens (tertiary/aromatic N) is 2. The van der Waals surface area contributed by atoms with Crippen LogP contribution >= 0.6 is 11.6 Å². The van der Waals surface area contributed by atoms with Crippen LogP contribution in [0.5, 0.6) is 0 Å². The molecule has 0 spiro atoms. The number of carbonyl (C=O) groups is 2. The molecule has 1 heterocycles. The molecule has 26 heavy (non-hydrogen) atoms. The van der Waals surface area contributed by atoms with E-state index in [-0.39, 0.29) is 18.6 Å². The number of rotatable bonds is 8. The quantitative estimate of drug-likeness (QED) is 0.423. The van der Waals surface area contributed by atoms with Crippen molar-refractivity contribution in [3.8, 4) is 0 Å². The van der Waals surface area contributed by atoms with Crippen LogP contribution in [0.2, 0.25) is 0 Å². The van der Waals surface area contributed by atoms with Gasteiger partial charge >= 0.3 is 11.3 Å². The Morgan fingerprint density at radius 2 is 1.88 bits per heavy atom. The van der Waals surface area contributed by atoms with Crippen LogP contribution in [0.1, 0.15) is 32.3 Å². The lowest BCUT2D eigenvalue weighted by molar-refractivity contribution is -0.193. The SMILES string of the molecule is CCN(CC)OC(=O)[C@@H]1CC[C@@H](N(OCc2ccccc2)C(=O)Cl)CN1. The number of hydrogen-bond donors (Lipinski definition) is 1. The summed E-state index contributed by atoms with van der Waals surface area (Å²) < 4.78 is 0. The maximum absolute atomic E-state index is 12.2. The summed E-state index contributed by atoms with van der Waals surface area (Å²) >= 11 is 5.68. The molecule has 1 N–H and O–H groups in total. The Morgan fingerprint density at radius 3 is 2.42 bits per heavy atom. The molecule has 1 fully saturated rings. The van der Waals surface area contributed by atoms with Crippen molar-refractivity contribution in [2.75, 3.05) is 19.6 Å². The number of nitrogens with one attached hydrogen (secondary N) is 1. The number of benzene rings is 1. The highest BCUT2D eigenvalue weighted by Gasteiger charge is 2.33. The third-order valence-corrected chi connectivity index (χ3v) is 4.48. The number of hydroxylamine groups is 4. The Kier molecular flexibility index (Phi) is 8.31. The summed E-state index contributed by atoms with van der Waals surface area (Å²) in [4.78, 5) is 34.9. The van der Waals surface area contributed by atoms with Gasteiger partial charge in [0.05, 0.1) is 6.04 Å². The first-order chi connectivity index (χ1) is 12.5. The molecule has 0 aliphatic carbocycles. The normalized spacial score (nSPS) is 20.0. The largest absolute Gasteiger partial charge is 0.366 e. The van der Waals surface area contributed by atoms with Crippen LogP contribution < -0.4 is 5.32 Å². The van der Waals surface area contributed by atoms with Crippen molar-refractivity contribution in [1.82, 2.24) is 15.4 Å². The van der Waals surface area contributed by atoms with E-state index in [9.17, 15) is 9.59 Å².